The van der Waals surface area contributed by atoms with Crippen LogP contribution >= 0.6 is 11.8 Å². The average Bonchev–Trinajstić information content (AvgIpc) is 3.36. The Morgan fingerprint density at radius 1 is 1.19 bits per heavy atom. The van der Waals surface area contributed by atoms with E-state index in [2.05, 4.69) is 30.0 Å². The van der Waals surface area contributed by atoms with Gasteiger partial charge in [0, 0.05) is 41.9 Å². The molecule has 140 valence electrons. The predicted octanol–water partition coefficient (Wildman–Crippen LogP) is 3.04. The van der Waals surface area contributed by atoms with Crippen LogP contribution in [0.5, 0.6) is 0 Å². The van der Waals surface area contributed by atoms with Crippen molar-refractivity contribution in [2.75, 3.05) is 0 Å². The number of amides is 1. The van der Waals surface area contributed by atoms with Gasteiger partial charge < -0.3 is 9.88 Å². The quantitative estimate of drug-likeness (QED) is 0.708. The molecule has 3 aromatic rings. The van der Waals surface area contributed by atoms with Crippen LogP contribution in [0.4, 0.5) is 0 Å². The van der Waals surface area contributed by atoms with Gasteiger partial charge in [-0.3, -0.25) is 9.89 Å². The molecule has 0 radical (unpaired) electrons. The minimum atomic E-state index is -0.0145. The summed E-state index contributed by atoms with van der Waals surface area (Å²) in [6.07, 6.45) is 9.47. The van der Waals surface area contributed by atoms with Gasteiger partial charge in [0.05, 0.1) is 0 Å². The number of rotatable bonds is 5. The molecule has 1 amide bonds. The summed E-state index contributed by atoms with van der Waals surface area (Å²) in [5.41, 5.74) is 1.58. The second kappa shape index (κ2) is 7.96. The summed E-state index contributed by atoms with van der Waals surface area (Å²) >= 11 is 1.84. The van der Waals surface area contributed by atoms with Gasteiger partial charge in [0.1, 0.15) is 6.33 Å². The lowest BCUT2D eigenvalue weighted by Crippen LogP contribution is -2.38. The zero-order valence-corrected chi connectivity index (χ0v) is 15.9. The smallest absolute Gasteiger partial charge is 0.251 e. The first-order valence-electron chi connectivity index (χ1n) is 9.09. The minimum Gasteiger partial charge on any atom is -0.349 e. The molecule has 1 aromatic carbocycles. The van der Waals surface area contributed by atoms with Crippen LogP contribution in [0.15, 0.2) is 48.1 Å². The summed E-state index contributed by atoms with van der Waals surface area (Å²) in [6.45, 7) is 0. The van der Waals surface area contributed by atoms with Crippen LogP contribution < -0.4 is 5.32 Å². The zero-order valence-electron chi connectivity index (χ0n) is 15.1. The lowest BCUT2D eigenvalue weighted by molar-refractivity contribution is 0.0928. The van der Waals surface area contributed by atoms with Crippen LogP contribution in [0, 0.1) is 0 Å². The van der Waals surface area contributed by atoms with E-state index < -0.39 is 0 Å². The number of thioether (sulfide) groups is 1. The number of H-pyrrole nitrogens is 1. The molecule has 4 rings (SSSR count). The summed E-state index contributed by atoms with van der Waals surface area (Å²) in [5, 5.41) is 11.5. The van der Waals surface area contributed by atoms with E-state index in [9.17, 15) is 4.79 Å². The number of carbonyl (C=O) groups is 1. The second-order valence-corrected chi connectivity index (χ2v) is 8.06. The molecule has 0 aliphatic heterocycles. The molecular weight excluding hydrogens is 360 g/mol. The number of hydrogen-bond acceptors (Lipinski definition) is 5. The fourth-order valence-corrected chi connectivity index (χ4v) is 4.49. The predicted molar refractivity (Wildman–Crippen MR) is 104 cm³/mol. The van der Waals surface area contributed by atoms with Gasteiger partial charge in [0.15, 0.2) is 11.0 Å². The number of imidazole rings is 1. The maximum absolute atomic E-state index is 12.5. The maximum atomic E-state index is 12.5. The number of aryl methyl sites for hydroxylation is 1. The summed E-state index contributed by atoms with van der Waals surface area (Å²) in [5.74, 6) is 0.685. The van der Waals surface area contributed by atoms with E-state index in [0.717, 1.165) is 36.4 Å². The van der Waals surface area contributed by atoms with Crippen LogP contribution in [0.25, 0.3) is 11.4 Å². The molecular formula is C19H22N6OS. The van der Waals surface area contributed by atoms with E-state index in [1.165, 1.54) is 6.33 Å². The van der Waals surface area contributed by atoms with Crippen molar-refractivity contribution in [1.82, 2.24) is 30.0 Å². The monoisotopic (exact) mass is 382 g/mol. The second-order valence-electron chi connectivity index (χ2n) is 6.80. The average molecular weight is 382 g/mol. The highest BCUT2D eigenvalue weighted by molar-refractivity contribution is 7.99. The molecule has 1 fully saturated rings. The molecule has 7 nitrogen and oxygen atoms in total. The number of benzene rings is 1. The molecule has 0 atom stereocenters. The van der Waals surface area contributed by atoms with Crippen molar-refractivity contribution in [3.63, 3.8) is 0 Å². The summed E-state index contributed by atoms with van der Waals surface area (Å²) in [4.78, 5) is 21.0. The lowest BCUT2D eigenvalue weighted by atomic mass is 9.94. The van der Waals surface area contributed by atoms with Gasteiger partial charge in [-0.2, -0.15) is 5.10 Å². The van der Waals surface area contributed by atoms with Crippen molar-refractivity contribution < 1.29 is 4.79 Å². The van der Waals surface area contributed by atoms with E-state index in [1.54, 1.807) is 0 Å². The topological polar surface area (TPSA) is 88.5 Å². The van der Waals surface area contributed by atoms with Gasteiger partial charge in [-0.1, -0.05) is 23.9 Å². The van der Waals surface area contributed by atoms with Gasteiger partial charge in [0.2, 0.25) is 0 Å². The molecule has 0 unspecified atom stereocenters. The van der Waals surface area contributed by atoms with Crippen LogP contribution in [-0.2, 0) is 7.05 Å². The first kappa shape index (κ1) is 17.8. The molecule has 0 saturated heterocycles. The first-order valence-corrected chi connectivity index (χ1v) is 9.97. The normalized spacial score (nSPS) is 19.7. The van der Waals surface area contributed by atoms with Crippen LogP contribution in [-0.4, -0.2) is 41.9 Å². The summed E-state index contributed by atoms with van der Waals surface area (Å²) < 4.78 is 2.06. The highest BCUT2D eigenvalue weighted by Gasteiger charge is 2.24. The number of hydrogen-bond donors (Lipinski definition) is 2. The van der Waals surface area contributed by atoms with Crippen molar-refractivity contribution in [1.29, 1.82) is 0 Å². The Bertz CT molecular complexity index is 881. The Morgan fingerprint density at radius 3 is 2.59 bits per heavy atom. The highest BCUT2D eigenvalue weighted by Crippen LogP contribution is 2.32. The fraction of sp³-hybridized carbons (Fsp3) is 0.368. The van der Waals surface area contributed by atoms with Crippen molar-refractivity contribution in [2.45, 2.75) is 42.1 Å². The van der Waals surface area contributed by atoms with Gasteiger partial charge in [-0.05, 0) is 37.8 Å². The molecule has 0 spiro atoms. The Balaban J connectivity index is 1.28. The molecule has 0 bridgehead atoms. The van der Waals surface area contributed by atoms with Crippen molar-refractivity contribution >= 4 is 17.7 Å². The Labute approximate surface area is 162 Å². The highest BCUT2D eigenvalue weighted by atomic mass is 32.2. The van der Waals surface area contributed by atoms with Gasteiger partial charge in [-0.25, -0.2) is 9.97 Å². The van der Waals surface area contributed by atoms with E-state index in [4.69, 9.17) is 0 Å². The van der Waals surface area contributed by atoms with E-state index >= 15 is 0 Å². The Morgan fingerprint density at radius 2 is 1.96 bits per heavy atom. The first-order chi connectivity index (χ1) is 13.2. The lowest BCUT2D eigenvalue weighted by Gasteiger charge is -2.28. The minimum absolute atomic E-state index is 0.0145. The van der Waals surface area contributed by atoms with Crippen LogP contribution in [0.3, 0.4) is 0 Å². The Hall–Kier alpha value is -2.61. The number of nitrogens with zero attached hydrogens (tertiary/aromatic N) is 4. The van der Waals surface area contributed by atoms with Crippen molar-refractivity contribution in [2.24, 2.45) is 7.05 Å². The van der Waals surface area contributed by atoms with Crippen LogP contribution in [0.2, 0.25) is 0 Å². The van der Waals surface area contributed by atoms with Crippen LogP contribution in [0.1, 0.15) is 36.0 Å². The summed E-state index contributed by atoms with van der Waals surface area (Å²) in [7, 11) is 2.02. The molecule has 1 aliphatic rings. The molecule has 2 N–H and O–H groups in total. The molecule has 2 heterocycles. The van der Waals surface area contributed by atoms with E-state index in [0.29, 0.717) is 16.6 Å². The summed E-state index contributed by atoms with van der Waals surface area (Å²) in [6, 6.07) is 7.67. The number of aromatic nitrogens is 5. The fourth-order valence-electron chi connectivity index (χ4n) is 3.33. The Kier molecular flexibility index (Phi) is 5.24. The molecule has 8 heteroatoms. The number of aromatic amines is 1. The third-order valence-corrected chi connectivity index (χ3v) is 6.30. The van der Waals surface area contributed by atoms with Crippen molar-refractivity contribution in [3.8, 4) is 11.4 Å². The number of carbonyl (C=O) groups excluding carboxylic acids is 1. The number of nitrogens with one attached hydrogen (secondary N) is 2. The third kappa shape index (κ3) is 4.21. The molecule has 27 heavy (non-hydrogen) atoms. The molecule has 1 aliphatic carbocycles. The van der Waals surface area contributed by atoms with Gasteiger partial charge in [0.25, 0.3) is 5.91 Å². The SMILES string of the molecule is Cn1ccnc1SC1CCC(NC(=O)c2ccc(-c3ncn[nH]3)cc2)CC1. The molecule has 2 aromatic heterocycles. The third-order valence-electron chi connectivity index (χ3n) is 4.89. The van der Waals surface area contributed by atoms with Gasteiger partial charge in [-0.15, -0.1) is 0 Å². The maximum Gasteiger partial charge on any atom is 0.251 e. The van der Waals surface area contributed by atoms with E-state index in [-0.39, 0.29) is 11.9 Å². The van der Waals surface area contributed by atoms with E-state index in [1.807, 2.05) is 55.5 Å². The van der Waals surface area contributed by atoms with Crippen molar-refractivity contribution in [3.05, 3.63) is 48.5 Å². The molecule has 1 saturated carbocycles. The zero-order chi connectivity index (χ0) is 18.6. The standard InChI is InChI=1S/C19H22N6OS/c1-25-11-10-20-19(25)27-16-8-6-15(7-9-16)23-18(26)14-4-2-13(3-5-14)17-21-12-22-24-17/h2-5,10-12,15-16H,6-9H2,1H3,(H,23,26)(H,21,22,24). The van der Waals surface area contributed by atoms with Gasteiger partial charge >= 0.3 is 0 Å². The largest absolute Gasteiger partial charge is 0.349 e.